The van der Waals surface area contributed by atoms with E-state index in [9.17, 15) is 14.4 Å². The number of anilines is 2. The van der Waals surface area contributed by atoms with Crippen molar-refractivity contribution in [3.05, 3.63) is 53.2 Å². The number of benzene rings is 1. The minimum absolute atomic E-state index is 0.0341. The van der Waals surface area contributed by atoms with Crippen molar-refractivity contribution in [1.82, 2.24) is 10.3 Å². The van der Waals surface area contributed by atoms with Crippen LogP contribution in [0.5, 0.6) is 0 Å². The van der Waals surface area contributed by atoms with Crippen LogP contribution in [0.3, 0.4) is 0 Å². The number of fused-ring (bicyclic) bond motifs is 2. The zero-order chi connectivity index (χ0) is 24.2. The summed E-state index contributed by atoms with van der Waals surface area (Å²) in [7, 11) is 1.59. The van der Waals surface area contributed by atoms with Gasteiger partial charge in [0.15, 0.2) is 0 Å². The summed E-state index contributed by atoms with van der Waals surface area (Å²) in [6, 6.07) is 8.93. The summed E-state index contributed by atoms with van der Waals surface area (Å²) in [4.78, 5) is 42.8. The second-order valence-electron chi connectivity index (χ2n) is 8.75. The Balaban J connectivity index is 1.42. The van der Waals surface area contributed by atoms with Gasteiger partial charge in [0.2, 0.25) is 5.91 Å². The summed E-state index contributed by atoms with van der Waals surface area (Å²) in [5.74, 6) is -0.415. The second-order valence-corrected chi connectivity index (χ2v) is 8.75. The van der Waals surface area contributed by atoms with Gasteiger partial charge < -0.3 is 31.7 Å². The highest BCUT2D eigenvalue weighted by Crippen LogP contribution is 2.38. The first-order valence-corrected chi connectivity index (χ1v) is 11.4. The number of ether oxygens (including phenoxy) is 1. The van der Waals surface area contributed by atoms with Gasteiger partial charge in [-0.15, -0.1) is 0 Å². The highest BCUT2D eigenvalue weighted by atomic mass is 16.5. The van der Waals surface area contributed by atoms with E-state index < -0.39 is 11.8 Å². The Bertz CT molecular complexity index is 1060. The Hall–Kier alpha value is -3.66. The average Bonchev–Trinajstić information content (AvgIpc) is 3.09. The number of methoxy groups -OCH3 is 1. The highest BCUT2D eigenvalue weighted by Gasteiger charge is 2.41. The van der Waals surface area contributed by atoms with Crippen molar-refractivity contribution in [3.8, 4) is 0 Å². The van der Waals surface area contributed by atoms with Crippen LogP contribution >= 0.6 is 0 Å². The van der Waals surface area contributed by atoms with Gasteiger partial charge in [0, 0.05) is 49.2 Å². The average molecular weight is 467 g/mol. The van der Waals surface area contributed by atoms with Gasteiger partial charge in [-0.05, 0) is 56.0 Å². The molecule has 3 atom stereocenters. The quantitative estimate of drug-likeness (QED) is 0.406. The summed E-state index contributed by atoms with van der Waals surface area (Å²) in [5.41, 5.74) is 12.5. The van der Waals surface area contributed by atoms with Crippen LogP contribution in [-0.2, 0) is 4.74 Å². The number of hydrogen-bond acceptors (Lipinski definition) is 7. The lowest BCUT2D eigenvalue weighted by molar-refractivity contribution is 0.0924. The molecule has 2 fully saturated rings. The van der Waals surface area contributed by atoms with Crippen molar-refractivity contribution in [1.29, 1.82) is 0 Å². The van der Waals surface area contributed by atoms with Gasteiger partial charge in [0.1, 0.15) is 5.82 Å². The van der Waals surface area contributed by atoms with Gasteiger partial charge in [-0.2, -0.15) is 0 Å². The molecule has 3 amide bonds. The number of rotatable bonds is 9. The summed E-state index contributed by atoms with van der Waals surface area (Å²) >= 11 is 0. The normalized spacial score (nSPS) is 21.2. The van der Waals surface area contributed by atoms with Crippen molar-refractivity contribution >= 4 is 29.2 Å². The molecule has 1 aromatic heterocycles. The van der Waals surface area contributed by atoms with Gasteiger partial charge in [0.05, 0.1) is 17.7 Å². The van der Waals surface area contributed by atoms with Crippen LogP contribution in [0.1, 0.15) is 56.8 Å². The van der Waals surface area contributed by atoms with Crippen LogP contribution in [0.4, 0.5) is 11.5 Å². The van der Waals surface area contributed by atoms with E-state index in [2.05, 4.69) is 20.5 Å². The predicted octanol–water partition coefficient (Wildman–Crippen LogP) is 1.27. The molecule has 10 nitrogen and oxygen atoms in total. The minimum atomic E-state index is -0.562. The van der Waals surface area contributed by atoms with Gasteiger partial charge in [-0.25, -0.2) is 4.98 Å². The molecular formula is C24H30N6O4. The molecule has 0 saturated carbocycles. The predicted molar refractivity (Wildman–Crippen MR) is 128 cm³/mol. The third-order valence-electron chi connectivity index (χ3n) is 6.53. The van der Waals surface area contributed by atoms with Crippen molar-refractivity contribution < 1.29 is 19.1 Å². The highest BCUT2D eigenvalue weighted by molar-refractivity contribution is 6.02. The number of aromatic nitrogens is 1. The Labute approximate surface area is 198 Å². The molecule has 2 saturated heterocycles. The van der Waals surface area contributed by atoms with E-state index in [1.54, 1.807) is 31.4 Å². The fourth-order valence-corrected chi connectivity index (χ4v) is 4.96. The molecule has 0 spiro atoms. The van der Waals surface area contributed by atoms with Crippen LogP contribution < -0.4 is 27.0 Å². The number of hydrogen-bond donors (Lipinski definition) is 4. The maximum atomic E-state index is 13.0. The molecule has 1 aromatic carbocycles. The Morgan fingerprint density at radius 1 is 1.06 bits per heavy atom. The van der Waals surface area contributed by atoms with E-state index in [0.717, 1.165) is 31.5 Å². The first kappa shape index (κ1) is 23.5. The first-order valence-electron chi connectivity index (χ1n) is 11.4. The number of carbonyl (C=O) groups excluding carboxylic acids is 3. The maximum Gasteiger partial charge on any atom is 0.251 e. The molecule has 2 aliphatic rings. The molecule has 2 aromatic rings. The van der Waals surface area contributed by atoms with Crippen LogP contribution in [0, 0.1) is 0 Å². The third-order valence-corrected chi connectivity index (χ3v) is 6.53. The van der Waals surface area contributed by atoms with Gasteiger partial charge in [-0.1, -0.05) is 0 Å². The summed E-state index contributed by atoms with van der Waals surface area (Å²) in [6.45, 7) is 0.939. The number of amides is 3. The Morgan fingerprint density at radius 2 is 1.76 bits per heavy atom. The number of carbonyl (C=O) groups is 3. The van der Waals surface area contributed by atoms with Crippen molar-refractivity contribution in [2.75, 3.05) is 30.5 Å². The molecule has 180 valence electrons. The topological polar surface area (TPSA) is 153 Å². The van der Waals surface area contributed by atoms with Gasteiger partial charge >= 0.3 is 0 Å². The zero-order valence-corrected chi connectivity index (χ0v) is 19.1. The molecule has 6 N–H and O–H groups in total. The number of nitrogens with two attached hydrogens (primary N) is 2. The lowest BCUT2D eigenvalue weighted by Crippen LogP contribution is -2.50. The third kappa shape index (κ3) is 4.96. The molecule has 3 heterocycles. The van der Waals surface area contributed by atoms with Crippen LogP contribution in [0.2, 0.25) is 0 Å². The van der Waals surface area contributed by atoms with E-state index in [-0.39, 0.29) is 24.0 Å². The number of pyridine rings is 1. The van der Waals surface area contributed by atoms with Crippen molar-refractivity contribution in [2.45, 2.75) is 43.8 Å². The minimum Gasteiger partial charge on any atom is -0.383 e. The fraction of sp³-hybridized carbons (Fsp3) is 0.417. The smallest absolute Gasteiger partial charge is 0.251 e. The first-order chi connectivity index (χ1) is 16.4. The number of nitrogens with one attached hydrogen (secondary N) is 2. The number of nitrogens with zero attached hydrogens (tertiary/aromatic N) is 2. The standard InChI is InChI=1S/C24H30N6O4/c1-34-9-8-27-20-10-14(2-6-19(20)23(26)32)24(33)29-16-11-17-4-5-18(12-16)30(17)21-7-3-15(13-28-21)22(25)31/h2-3,6-7,10,13,16-18,27H,4-5,8-9,11-12H2,1H3,(H2,25,31)(H2,26,32)(H,29,33)/t16-,17+,18-. The summed E-state index contributed by atoms with van der Waals surface area (Å²) < 4.78 is 5.04. The van der Waals surface area contributed by atoms with Crippen LogP contribution in [-0.4, -0.2) is 61.1 Å². The van der Waals surface area contributed by atoms with E-state index in [1.165, 1.54) is 6.20 Å². The lowest BCUT2D eigenvalue weighted by Gasteiger charge is -2.40. The molecule has 2 aliphatic heterocycles. The van der Waals surface area contributed by atoms with E-state index >= 15 is 0 Å². The zero-order valence-electron chi connectivity index (χ0n) is 19.1. The number of piperidine rings is 1. The van der Waals surface area contributed by atoms with Crippen LogP contribution in [0.25, 0.3) is 0 Å². The number of primary amides is 2. The molecule has 34 heavy (non-hydrogen) atoms. The molecule has 4 rings (SSSR count). The molecule has 2 bridgehead atoms. The molecule has 10 heteroatoms. The molecule has 0 aliphatic carbocycles. The van der Waals surface area contributed by atoms with Gasteiger partial charge in [0.25, 0.3) is 11.8 Å². The van der Waals surface area contributed by atoms with E-state index in [0.29, 0.717) is 35.5 Å². The van der Waals surface area contributed by atoms with Crippen LogP contribution in [0.15, 0.2) is 36.5 Å². The Morgan fingerprint density at radius 3 is 2.35 bits per heavy atom. The second kappa shape index (κ2) is 10.1. The van der Waals surface area contributed by atoms with E-state index in [4.69, 9.17) is 16.2 Å². The lowest BCUT2D eigenvalue weighted by atomic mass is 9.96. The van der Waals surface area contributed by atoms with Gasteiger partial charge in [-0.3, -0.25) is 14.4 Å². The van der Waals surface area contributed by atoms with Crippen molar-refractivity contribution in [3.63, 3.8) is 0 Å². The maximum absolute atomic E-state index is 13.0. The van der Waals surface area contributed by atoms with Crippen molar-refractivity contribution in [2.24, 2.45) is 11.5 Å². The fourth-order valence-electron chi connectivity index (χ4n) is 4.96. The monoisotopic (exact) mass is 466 g/mol. The Kier molecular flexibility index (Phi) is 6.97. The summed E-state index contributed by atoms with van der Waals surface area (Å²) in [5, 5.41) is 6.26. The SMILES string of the molecule is COCCNc1cc(C(=O)N[C@H]2C[C@H]3CC[C@@H](C2)N3c2ccc(C(N)=O)cn2)ccc1C(N)=O. The molecular weight excluding hydrogens is 436 g/mol. The van der Waals surface area contributed by atoms with E-state index in [1.807, 2.05) is 6.07 Å². The molecule has 0 radical (unpaired) electrons. The largest absolute Gasteiger partial charge is 0.383 e. The summed E-state index contributed by atoms with van der Waals surface area (Å²) in [6.07, 6.45) is 5.17. The molecule has 0 unspecified atom stereocenters.